The van der Waals surface area contributed by atoms with Crippen molar-refractivity contribution in [2.24, 2.45) is 0 Å². The van der Waals surface area contributed by atoms with Crippen LogP contribution in [-0.4, -0.2) is 4.21 Å². The van der Waals surface area contributed by atoms with E-state index in [9.17, 15) is 0 Å². The van der Waals surface area contributed by atoms with Crippen molar-refractivity contribution in [1.82, 2.24) is 0 Å². The molecule has 0 radical (unpaired) electrons. The fourth-order valence-electron chi connectivity index (χ4n) is 7.76. The van der Waals surface area contributed by atoms with Gasteiger partial charge in [0.15, 0.2) is 0 Å². The molecule has 0 bridgehead atoms. The van der Waals surface area contributed by atoms with Crippen molar-refractivity contribution >= 4 is 14.0 Å². The van der Waals surface area contributed by atoms with Crippen molar-refractivity contribution < 1.29 is 18.3 Å². The van der Waals surface area contributed by atoms with Crippen LogP contribution in [0.2, 0.25) is 0 Å². The molecule has 214 valence electrons. The van der Waals surface area contributed by atoms with Crippen LogP contribution in [0.25, 0.3) is 11.1 Å². The quantitative estimate of drug-likeness (QED) is 0.183. The molecule has 1 heteroatoms. The van der Waals surface area contributed by atoms with Gasteiger partial charge in [-0.2, -0.15) is 0 Å². The first kappa shape index (κ1) is 29.2. The standard InChI is InChI=1S/C21H25.C8H9.C6H5.C5H5.CH2.Zr/c1-20(2,3)16-7-9-18-14(12-16)11-15-13-17(21(4,5)6)8-10-19(15)18;1-2-8-6-4-3-5-7-8;1-2-4-6-5-3-1;1-2-4-5-3-1;;/h7-10,12H,11H2,1-6H3;4-7H,2H2,1H3;1-5H;1-3H,4H2;1H2;. The van der Waals surface area contributed by atoms with E-state index >= 15 is 0 Å². The van der Waals surface area contributed by atoms with Crippen LogP contribution in [0.5, 0.6) is 0 Å². The van der Waals surface area contributed by atoms with Gasteiger partial charge in [0.25, 0.3) is 0 Å². The molecule has 0 N–H and O–H groups in total. The molecule has 0 heterocycles. The van der Waals surface area contributed by atoms with E-state index in [1.165, 1.54) is 48.8 Å². The van der Waals surface area contributed by atoms with E-state index in [1.807, 2.05) is 0 Å². The van der Waals surface area contributed by atoms with Crippen molar-refractivity contribution in [3.8, 4) is 11.1 Å². The van der Waals surface area contributed by atoms with Crippen molar-refractivity contribution in [2.75, 3.05) is 0 Å². The molecule has 0 amide bonds. The molecule has 0 nitrogen and oxygen atoms in total. The van der Waals surface area contributed by atoms with Crippen LogP contribution in [0.15, 0.2) is 106 Å². The van der Waals surface area contributed by atoms with E-state index in [-0.39, 0.29) is 10.8 Å². The van der Waals surface area contributed by atoms with E-state index < -0.39 is 18.3 Å². The minimum absolute atomic E-state index is 0.0345. The minimum atomic E-state index is -4.77. The van der Waals surface area contributed by atoms with E-state index in [0.29, 0.717) is 0 Å². The van der Waals surface area contributed by atoms with Gasteiger partial charge in [-0.25, -0.2) is 0 Å². The average molecular weight is 630 g/mol. The third-order valence-electron chi connectivity index (χ3n) is 10.2. The zero-order valence-electron chi connectivity index (χ0n) is 26.6. The molecule has 42 heavy (non-hydrogen) atoms. The van der Waals surface area contributed by atoms with Crippen molar-refractivity contribution in [3.63, 3.8) is 0 Å². The zero-order valence-corrected chi connectivity index (χ0v) is 29.1. The van der Waals surface area contributed by atoms with E-state index in [4.69, 9.17) is 4.21 Å². The molecular formula is C41H46Zr. The summed E-state index contributed by atoms with van der Waals surface area (Å²) in [6.45, 7) is 16.4. The first-order valence-corrected chi connectivity index (χ1v) is 22.4. The number of rotatable bonds is 5. The second-order valence-corrected chi connectivity index (χ2v) is 27.6. The third kappa shape index (κ3) is 4.30. The van der Waals surface area contributed by atoms with Crippen LogP contribution in [0.3, 0.4) is 0 Å². The second-order valence-electron chi connectivity index (χ2n) is 14.8. The van der Waals surface area contributed by atoms with Crippen LogP contribution in [0.4, 0.5) is 0 Å². The first-order chi connectivity index (χ1) is 19.9. The number of benzene rings is 4. The van der Waals surface area contributed by atoms with Crippen LogP contribution >= 0.6 is 0 Å². The summed E-state index contributed by atoms with van der Waals surface area (Å²) in [6.07, 6.45) is 10.0. The maximum absolute atomic E-state index is 5.72. The Labute approximate surface area is 254 Å². The zero-order chi connectivity index (χ0) is 29.9. The summed E-state index contributed by atoms with van der Waals surface area (Å²) in [7, 11) is 0. The molecule has 0 atom stereocenters. The molecule has 0 unspecified atom stereocenters. The van der Waals surface area contributed by atoms with Gasteiger partial charge < -0.3 is 0 Å². The number of hydrogen-bond acceptors (Lipinski definition) is 0. The molecule has 0 aliphatic heterocycles. The molecule has 4 aromatic carbocycles. The fraction of sp³-hybridized carbons (Fsp3) is 0.293. The van der Waals surface area contributed by atoms with E-state index in [1.54, 1.807) is 3.27 Å². The molecule has 0 spiro atoms. The first-order valence-electron chi connectivity index (χ1n) is 15.7. The van der Waals surface area contributed by atoms with E-state index in [2.05, 4.69) is 152 Å². The Morgan fingerprint density at radius 3 is 2.00 bits per heavy atom. The normalized spacial score (nSPS) is 15.0. The second kappa shape index (κ2) is 10.1. The monoisotopic (exact) mass is 628 g/mol. The van der Waals surface area contributed by atoms with Crippen molar-refractivity contribution in [3.05, 3.63) is 134 Å². The fourth-order valence-corrected chi connectivity index (χ4v) is 24.4. The summed E-state index contributed by atoms with van der Waals surface area (Å²) in [5.41, 5.74) is 10.1. The summed E-state index contributed by atoms with van der Waals surface area (Å²) in [5, 5.41) is 0. The van der Waals surface area contributed by atoms with Gasteiger partial charge in [-0.05, 0) is 0 Å². The van der Waals surface area contributed by atoms with E-state index in [0.717, 1.165) is 19.3 Å². The molecule has 0 fully saturated rings. The summed E-state index contributed by atoms with van der Waals surface area (Å²) in [5.74, 6) is 0. The Bertz CT molecular complexity index is 1800. The number of hydrogen-bond donors (Lipinski definition) is 0. The van der Waals surface area contributed by atoms with Gasteiger partial charge in [0, 0.05) is 0 Å². The van der Waals surface area contributed by atoms with Crippen molar-refractivity contribution in [1.29, 1.82) is 0 Å². The topological polar surface area (TPSA) is 0 Å². The van der Waals surface area contributed by atoms with Crippen LogP contribution in [-0.2, 0) is 42.0 Å². The predicted molar refractivity (Wildman–Crippen MR) is 182 cm³/mol. The Balaban J connectivity index is 1.80. The van der Waals surface area contributed by atoms with Gasteiger partial charge in [0.2, 0.25) is 0 Å². The van der Waals surface area contributed by atoms with Gasteiger partial charge >= 0.3 is 256 Å². The Kier molecular flexibility index (Phi) is 7.02. The SMILES string of the molecule is [CH2]=[Zr]([C]1=CC=CC1)([c]1ccccc1)([c]1ccc(CC)cc1)[c]1c(C(C)(C)C)ccc2c1Cc1cc(C(C)(C)C)ccc1-2. The van der Waals surface area contributed by atoms with Crippen LogP contribution in [0, 0.1) is 0 Å². The molecule has 0 aromatic heterocycles. The summed E-state index contributed by atoms with van der Waals surface area (Å²) < 4.78 is 11.7. The summed E-state index contributed by atoms with van der Waals surface area (Å²) >= 11 is -4.77. The van der Waals surface area contributed by atoms with Gasteiger partial charge in [-0.1, -0.05) is 0 Å². The third-order valence-corrected chi connectivity index (χ3v) is 26.6. The number of allylic oxidation sites excluding steroid dienone is 4. The predicted octanol–water partition coefficient (Wildman–Crippen LogP) is 8.66. The molecule has 0 saturated carbocycles. The molecular weight excluding hydrogens is 584 g/mol. The summed E-state index contributed by atoms with van der Waals surface area (Å²) in [6, 6.07) is 33.2. The Hall–Kier alpha value is -2.89. The van der Waals surface area contributed by atoms with Crippen molar-refractivity contribution in [2.45, 2.75) is 78.6 Å². The average Bonchev–Trinajstić information content (AvgIpc) is 3.65. The molecule has 0 saturated heterocycles. The van der Waals surface area contributed by atoms with Gasteiger partial charge in [-0.3, -0.25) is 0 Å². The van der Waals surface area contributed by atoms with Gasteiger partial charge in [0.05, 0.1) is 0 Å². The Morgan fingerprint density at radius 1 is 0.738 bits per heavy atom. The molecule has 4 aromatic rings. The molecule has 2 aliphatic rings. The van der Waals surface area contributed by atoms with Crippen LogP contribution in [0.1, 0.15) is 82.7 Å². The molecule has 6 rings (SSSR count). The number of aryl methyl sites for hydroxylation is 1. The molecule has 2 aliphatic carbocycles. The van der Waals surface area contributed by atoms with Gasteiger partial charge in [0.1, 0.15) is 0 Å². The van der Waals surface area contributed by atoms with Crippen LogP contribution < -0.4 is 9.81 Å². The maximum atomic E-state index is 5.72. The summed E-state index contributed by atoms with van der Waals surface area (Å²) in [4.78, 5) is 0. The Morgan fingerprint density at radius 2 is 1.40 bits per heavy atom. The number of fused-ring (bicyclic) bond motifs is 3. The van der Waals surface area contributed by atoms with Gasteiger partial charge in [-0.15, -0.1) is 0 Å².